The minimum Gasteiger partial charge on any atom is -0.351 e. The highest BCUT2D eigenvalue weighted by Crippen LogP contribution is 2.30. The van der Waals surface area contributed by atoms with Gasteiger partial charge in [0, 0.05) is 12.6 Å². The molecule has 0 aliphatic carbocycles. The molecule has 0 bridgehead atoms. The second kappa shape index (κ2) is 7.49. The minimum absolute atomic E-state index is 0.0793. The number of rotatable bonds is 5. The number of hydrogen-bond donors (Lipinski definition) is 3. The lowest BCUT2D eigenvalue weighted by Gasteiger charge is -2.23. The highest BCUT2D eigenvalue weighted by Gasteiger charge is 2.31. The third-order valence-electron chi connectivity index (χ3n) is 3.56. The molecule has 3 N–H and O–H groups in total. The number of amides is 1. The molecule has 1 heterocycles. The number of piperidine rings is 1. The monoisotopic (exact) mass is 365 g/mol. The molecule has 0 aromatic heterocycles. The van der Waals surface area contributed by atoms with Crippen LogP contribution in [0.2, 0.25) is 0 Å². The summed E-state index contributed by atoms with van der Waals surface area (Å²) in [5.41, 5.74) is -1.07. The molecule has 24 heavy (non-hydrogen) atoms. The van der Waals surface area contributed by atoms with Gasteiger partial charge in [0.25, 0.3) is 0 Å². The van der Waals surface area contributed by atoms with Crippen LogP contribution in [0.3, 0.4) is 0 Å². The van der Waals surface area contributed by atoms with Gasteiger partial charge < -0.3 is 10.6 Å². The maximum absolute atomic E-state index is 12.6. The number of carbonyl (C=O) groups is 1. The standard InChI is InChI=1S/C14H18F3N3O3S/c15-14(16,17)10-3-1-5-12(7-10)24(22,23)19-9-13(21)20-11-4-2-6-18-8-11/h1,3,5,7,11,18-19H,2,4,6,8-9H2,(H,20,21)/t11-/m0/s1. The first-order valence-electron chi connectivity index (χ1n) is 7.35. The van der Waals surface area contributed by atoms with Gasteiger partial charge in [-0.2, -0.15) is 13.2 Å². The van der Waals surface area contributed by atoms with Crippen molar-refractivity contribution in [2.24, 2.45) is 0 Å². The molecular formula is C14H18F3N3O3S. The molecule has 0 spiro atoms. The van der Waals surface area contributed by atoms with Crippen LogP contribution in [0.25, 0.3) is 0 Å². The van der Waals surface area contributed by atoms with Gasteiger partial charge in [-0.3, -0.25) is 4.79 Å². The van der Waals surface area contributed by atoms with Crippen LogP contribution in [0.15, 0.2) is 29.2 Å². The number of alkyl halides is 3. The number of sulfonamides is 1. The summed E-state index contributed by atoms with van der Waals surface area (Å²) in [6.45, 7) is 0.940. The lowest BCUT2D eigenvalue weighted by molar-refractivity contribution is -0.137. The fraction of sp³-hybridized carbons (Fsp3) is 0.500. The molecular weight excluding hydrogens is 347 g/mol. The molecule has 0 unspecified atom stereocenters. The van der Waals surface area contributed by atoms with Crippen molar-refractivity contribution in [3.8, 4) is 0 Å². The van der Waals surface area contributed by atoms with Crippen LogP contribution < -0.4 is 15.4 Å². The zero-order valence-electron chi connectivity index (χ0n) is 12.7. The molecule has 134 valence electrons. The van der Waals surface area contributed by atoms with Gasteiger partial charge in [0.1, 0.15) is 0 Å². The third kappa shape index (κ3) is 5.18. The molecule has 0 saturated carbocycles. The zero-order valence-corrected chi connectivity index (χ0v) is 13.5. The first-order valence-corrected chi connectivity index (χ1v) is 8.84. The summed E-state index contributed by atoms with van der Waals surface area (Å²) in [5.74, 6) is -0.528. The average molecular weight is 365 g/mol. The molecule has 1 aromatic rings. The maximum Gasteiger partial charge on any atom is 0.416 e. The molecule has 1 aliphatic rings. The first kappa shape index (κ1) is 18.7. The van der Waals surface area contributed by atoms with E-state index in [-0.39, 0.29) is 6.04 Å². The Kier molecular flexibility index (Phi) is 5.83. The van der Waals surface area contributed by atoms with Gasteiger partial charge in [0.2, 0.25) is 15.9 Å². The van der Waals surface area contributed by atoms with Crippen molar-refractivity contribution in [2.45, 2.75) is 30.0 Å². The maximum atomic E-state index is 12.6. The predicted molar refractivity (Wildman–Crippen MR) is 80.7 cm³/mol. The van der Waals surface area contributed by atoms with Crippen LogP contribution in [0.4, 0.5) is 13.2 Å². The Morgan fingerprint density at radius 2 is 2.08 bits per heavy atom. The van der Waals surface area contributed by atoms with E-state index in [4.69, 9.17) is 0 Å². The SMILES string of the molecule is O=C(CNS(=O)(=O)c1cccc(C(F)(F)F)c1)N[C@H]1CCCNC1. The quantitative estimate of drug-likeness (QED) is 0.722. The summed E-state index contributed by atoms with van der Waals surface area (Å²) in [5, 5.41) is 5.77. The number of halogens is 3. The van der Waals surface area contributed by atoms with E-state index in [2.05, 4.69) is 10.6 Å². The van der Waals surface area contributed by atoms with E-state index in [1.54, 1.807) is 0 Å². The summed E-state index contributed by atoms with van der Waals surface area (Å²) < 4.78 is 64.0. The summed E-state index contributed by atoms with van der Waals surface area (Å²) in [4.78, 5) is 11.2. The van der Waals surface area contributed by atoms with E-state index in [0.29, 0.717) is 12.6 Å². The molecule has 1 saturated heterocycles. The molecule has 10 heteroatoms. The highest BCUT2D eigenvalue weighted by atomic mass is 32.2. The van der Waals surface area contributed by atoms with Crippen molar-refractivity contribution in [2.75, 3.05) is 19.6 Å². The van der Waals surface area contributed by atoms with E-state index in [1.807, 2.05) is 4.72 Å². The Hall–Kier alpha value is -1.65. The highest BCUT2D eigenvalue weighted by molar-refractivity contribution is 7.89. The van der Waals surface area contributed by atoms with Gasteiger partial charge in [-0.15, -0.1) is 0 Å². The van der Waals surface area contributed by atoms with E-state index in [0.717, 1.165) is 37.6 Å². The summed E-state index contributed by atoms with van der Waals surface area (Å²) >= 11 is 0. The second-order valence-electron chi connectivity index (χ2n) is 5.46. The van der Waals surface area contributed by atoms with Gasteiger partial charge in [-0.1, -0.05) is 6.07 Å². The van der Waals surface area contributed by atoms with Crippen LogP contribution in [0.5, 0.6) is 0 Å². The molecule has 1 aliphatic heterocycles. The molecule has 6 nitrogen and oxygen atoms in total. The van der Waals surface area contributed by atoms with Gasteiger partial charge in [-0.25, -0.2) is 13.1 Å². The van der Waals surface area contributed by atoms with Crippen molar-refractivity contribution in [1.82, 2.24) is 15.4 Å². The smallest absolute Gasteiger partial charge is 0.351 e. The Morgan fingerprint density at radius 1 is 1.33 bits per heavy atom. The molecule has 1 atom stereocenters. The van der Waals surface area contributed by atoms with Crippen molar-refractivity contribution < 1.29 is 26.4 Å². The van der Waals surface area contributed by atoms with E-state index < -0.39 is 39.1 Å². The van der Waals surface area contributed by atoms with Crippen molar-refractivity contribution in [3.63, 3.8) is 0 Å². The van der Waals surface area contributed by atoms with Crippen LogP contribution >= 0.6 is 0 Å². The van der Waals surface area contributed by atoms with E-state index in [9.17, 15) is 26.4 Å². The van der Waals surface area contributed by atoms with Gasteiger partial charge in [-0.05, 0) is 37.6 Å². The van der Waals surface area contributed by atoms with Crippen molar-refractivity contribution >= 4 is 15.9 Å². The lowest BCUT2D eigenvalue weighted by Crippen LogP contribution is -2.48. The van der Waals surface area contributed by atoms with Crippen LogP contribution in [0, 0.1) is 0 Å². The molecule has 1 aromatic carbocycles. The average Bonchev–Trinajstić information content (AvgIpc) is 2.53. The summed E-state index contributed by atoms with van der Waals surface area (Å²) in [6.07, 6.45) is -2.95. The van der Waals surface area contributed by atoms with Gasteiger partial charge >= 0.3 is 6.18 Å². The Morgan fingerprint density at radius 3 is 2.71 bits per heavy atom. The molecule has 2 rings (SSSR count). The molecule has 1 amide bonds. The third-order valence-corrected chi connectivity index (χ3v) is 4.96. The molecule has 1 fully saturated rings. The van der Waals surface area contributed by atoms with Gasteiger partial charge in [0.05, 0.1) is 17.0 Å². The first-order chi connectivity index (χ1) is 11.2. The van der Waals surface area contributed by atoms with E-state index >= 15 is 0 Å². The molecule has 0 radical (unpaired) electrons. The van der Waals surface area contributed by atoms with Crippen molar-refractivity contribution in [1.29, 1.82) is 0 Å². The largest absolute Gasteiger partial charge is 0.416 e. The lowest BCUT2D eigenvalue weighted by atomic mass is 10.1. The fourth-order valence-corrected chi connectivity index (χ4v) is 3.36. The van der Waals surface area contributed by atoms with Crippen LogP contribution in [-0.4, -0.2) is 40.0 Å². The zero-order chi connectivity index (χ0) is 17.8. The fourth-order valence-electron chi connectivity index (χ4n) is 2.34. The number of carbonyl (C=O) groups excluding carboxylic acids is 1. The predicted octanol–water partition coefficient (Wildman–Crippen LogP) is 0.852. The normalized spacial score (nSPS) is 19.0. The second-order valence-corrected chi connectivity index (χ2v) is 7.23. The minimum atomic E-state index is -4.64. The number of nitrogens with one attached hydrogen (secondary N) is 3. The summed E-state index contributed by atoms with van der Waals surface area (Å²) in [7, 11) is -4.21. The number of benzene rings is 1. The Bertz CT molecular complexity index is 686. The topological polar surface area (TPSA) is 87.3 Å². The van der Waals surface area contributed by atoms with Crippen LogP contribution in [0.1, 0.15) is 18.4 Å². The summed E-state index contributed by atoms with van der Waals surface area (Å²) in [6, 6.07) is 3.28. The van der Waals surface area contributed by atoms with Crippen LogP contribution in [-0.2, 0) is 21.0 Å². The van der Waals surface area contributed by atoms with Crippen molar-refractivity contribution in [3.05, 3.63) is 29.8 Å². The van der Waals surface area contributed by atoms with Gasteiger partial charge in [0.15, 0.2) is 0 Å². The Balaban J connectivity index is 1.97. The Labute approximate surface area is 137 Å². The van der Waals surface area contributed by atoms with E-state index in [1.165, 1.54) is 0 Å². The number of hydrogen-bond acceptors (Lipinski definition) is 4.